The minimum absolute atomic E-state index is 0.312. The first-order valence-electron chi connectivity index (χ1n) is 9.64. The van der Waals surface area contributed by atoms with E-state index in [2.05, 4.69) is 39.3 Å². The normalized spacial score (nSPS) is 17.5. The van der Waals surface area contributed by atoms with Crippen molar-refractivity contribution in [2.75, 3.05) is 13.7 Å². The quantitative estimate of drug-likeness (QED) is 0.673. The molecule has 0 radical (unpaired) electrons. The summed E-state index contributed by atoms with van der Waals surface area (Å²) in [5, 5.41) is 11.8. The van der Waals surface area contributed by atoms with Gasteiger partial charge in [0.15, 0.2) is 0 Å². The fraction of sp³-hybridized carbons (Fsp3) is 0.429. The monoisotopic (exact) mass is 366 g/mol. The molecule has 3 aromatic rings. The molecule has 0 spiro atoms. The van der Waals surface area contributed by atoms with Crippen molar-refractivity contribution in [2.45, 2.75) is 45.2 Å². The van der Waals surface area contributed by atoms with Gasteiger partial charge < -0.3 is 9.26 Å². The van der Waals surface area contributed by atoms with Crippen molar-refractivity contribution < 1.29 is 9.26 Å². The summed E-state index contributed by atoms with van der Waals surface area (Å²) in [5.74, 6) is 1.83. The Hall–Kier alpha value is -2.60. The third-order valence-corrected chi connectivity index (χ3v) is 5.23. The average molecular weight is 366 g/mol. The molecule has 6 heteroatoms. The number of rotatable bonds is 7. The Morgan fingerprint density at radius 1 is 1.33 bits per heavy atom. The van der Waals surface area contributed by atoms with Crippen LogP contribution >= 0.6 is 0 Å². The molecular weight excluding hydrogens is 340 g/mol. The maximum atomic E-state index is 5.51. The molecule has 4 rings (SSSR count). The first-order valence-corrected chi connectivity index (χ1v) is 9.64. The number of ether oxygens (including phenoxy) is 1. The van der Waals surface area contributed by atoms with E-state index in [9.17, 15) is 0 Å². The Morgan fingerprint density at radius 2 is 2.26 bits per heavy atom. The summed E-state index contributed by atoms with van der Waals surface area (Å²) in [5.41, 5.74) is 4.38. The number of nitrogens with zero attached hydrogens (tertiary/aromatic N) is 3. The molecule has 1 saturated heterocycles. The molecular formula is C21H26N4O2. The number of aromatic amines is 1. The number of aromatic nitrogens is 3. The molecule has 0 amide bonds. The van der Waals surface area contributed by atoms with Gasteiger partial charge in [0.2, 0.25) is 0 Å². The largest absolute Gasteiger partial charge is 0.497 e. The molecule has 142 valence electrons. The van der Waals surface area contributed by atoms with Crippen LogP contribution in [-0.4, -0.2) is 33.9 Å². The second kappa shape index (κ2) is 7.96. The van der Waals surface area contributed by atoms with Crippen LogP contribution in [0.15, 0.2) is 41.1 Å². The van der Waals surface area contributed by atoms with Gasteiger partial charge in [-0.15, -0.1) is 0 Å². The Morgan fingerprint density at radius 3 is 3.11 bits per heavy atom. The van der Waals surface area contributed by atoms with Gasteiger partial charge in [0.1, 0.15) is 17.2 Å². The van der Waals surface area contributed by atoms with Crippen LogP contribution in [0, 0.1) is 0 Å². The summed E-state index contributed by atoms with van der Waals surface area (Å²) in [4.78, 5) is 2.47. The number of benzene rings is 1. The molecule has 27 heavy (non-hydrogen) atoms. The van der Waals surface area contributed by atoms with Gasteiger partial charge in [-0.2, -0.15) is 5.10 Å². The third kappa shape index (κ3) is 3.76. The summed E-state index contributed by atoms with van der Waals surface area (Å²) >= 11 is 0. The summed E-state index contributed by atoms with van der Waals surface area (Å²) < 4.78 is 10.9. The van der Waals surface area contributed by atoms with E-state index in [-0.39, 0.29) is 0 Å². The number of hydrogen-bond donors (Lipinski definition) is 1. The fourth-order valence-electron chi connectivity index (χ4n) is 3.88. The Balaban J connectivity index is 1.54. The van der Waals surface area contributed by atoms with Crippen molar-refractivity contribution in [3.05, 3.63) is 53.5 Å². The molecule has 1 fully saturated rings. The lowest BCUT2D eigenvalue weighted by molar-refractivity contribution is 0.236. The molecule has 1 aromatic carbocycles. The SMILES string of the molecule is CCCc1cc([C@H]2CCCN2Cc2cn[nH]c2-c2cccc(OC)c2)no1. The zero-order valence-electron chi connectivity index (χ0n) is 15.9. The Bertz CT molecular complexity index is 886. The first kappa shape index (κ1) is 17.8. The van der Waals surface area contributed by atoms with Crippen LogP contribution in [0.1, 0.15) is 49.2 Å². The number of nitrogens with one attached hydrogen (secondary N) is 1. The van der Waals surface area contributed by atoms with Crippen LogP contribution < -0.4 is 4.74 Å². The van der Waals surface area contributed by atoms with E-state index >= 15 is 0 Å². The van der Waals surface area contributed by atoms with Gasteiger partial charge >= 0.3 is 0 Å². The van der Waals surface area contributed by atoms with Crippen LogP contribution in [0.4, 0.5) is 0 Å². The highest BCUT2D eigenvalue weighted by atomic mass is 16.5. The van der Waals surface area contributed by atoms with Crippen molar-refractivity contribution in [2.24, 2.45) is 0 Å². The molecule has 1 N–H and O–H groups in total. The van der Waals surface area contributed by atoms with Crippen molar-refractivity contribution in [1.29, 1.82) is 0 Å². The molecule has 0 aliphatic carbocycles. The van der Waals surface area contributed by atoms with Gasteiger partial charge in [-0.05, 0) is 37.9 Å². The summed E-state index contributed by atoms with van der Waals surface area (Å²) in [7, 11) is 1.69. The van der Waals surface area contributed by atoms with Gasteiger partial charge in [-0.3, -0.25) is 10.00 Å². The van der Waals surface area contributed by atoms with Gasteiger partial charge in [-0.25, -0.2) is 0 Å². The number of aryl methyl sites for hydroxylation is 1. The summed E-state index contributed by atoms with van der Waals surface area (Å²) in [6.07, 6.45) is 6.23. The predicted octanol–water partition coefficient (Wildman–Crippen LogP) is 4.36. The smallest absolute Gasteiger partial charge is 0.137 e. The minimum Gasteiger partial charge on any atom is -0.497 e. The molecule has 1 atom stereocenters. The van der Waals surface area contributed by atoms with E-state index in [1.807, 2.05) is 24.4 Å². The number of hydrogen-bond acceptors (Lipinski definition) is 5. The lowest BCUT2D eigenvalue weighted by atomic mass is 10.1. The Kier molecular flexibility index (Phi) is 5.25. The zero-order valence-corrected chi connectivity index (χ0v) is 15.9. The van der Waals surface area contributed by atoms with Crippen LogP contribution in [0.5, 0.6) is 5.75 Å². The van der Waals surface area contributed by atoms with E-state index in [0.717, 1.165) is 60.8 Å². The highest BCUT2D eigenvalue weighted by molar-refractivity contribution is 5.64. The number of H-pyrrole nitrogens is 1. The van der Waals surface area contributed by atoms with Gasteiger partial charge in [0, 0.05) is 30.2 Å². The molecule has 1 aliphatic rings. The first-order chi connectivity index (χ1) is 13.3. The summed E-state index contributed by atoms with van der Waals surface area (Å²) in [6.45, 7) is 4.05. The molecule has 2 aromatic heterocycles. The van der Waals surface area contributed by atoms with E-state index in [1.165, 1.54) is 12.0 Å². The standard InChI is InChI=1S/C21H26N4O2/c1-3-6-18-12-19(24-27-18)20-9-5-10-25(20)14-16-13-22-23-21(16)15-7-4-8-17(11-15)26-2/h4,7-8,11-13,20H,3,5-6,9-10,14H2,1-2H3,(H,22,23)/t20-/m1/s1. The lowest BCUT2D eigenvalue weighted by Gasteiger charge is -2.22. The molecule has 0 bridgehead atoms. The van der Waals surface area contributed by atoms with Crippen molar-refractivity contribution in [3.8, 4) is 17.0 Å². The average Bonchev–Trinajstić information content (AvgIpc) is 3.43. The van der Waals surface area contributed by atoms with Crippen LogP contribution in [0.2, 0.25) is 0 Å². The van der Waals surface area contributed by atoms with Crippen LogP contribution in [-0.2, 0) is 13.0 Å². The van der Waals surface area contributed by atoms with Gasteiger partial charge in [-0.1, -0.05) is 24.2 Å². The molecule has 6 nitrogen and oxygen atoms in total. The lowest BCUT2D eigenvalue weighted by Crippen LogP contribution is -2.23. The summed E-state index contributed by atoms with van der Waals surface area (Å²) in [6, 6.07) is 10.5. The van der Waals surface area contributed by atoms with E-state index in [1.54, 1.807) is 7.11 Å². The topological polar surface area (TPSA) is 67.2 Å². The zero-order chi connectivity index (χ0) is 18.6. The molecule has 1 aliphatic heterocycles. The fourth-order valence-corrected chi connectivity index (χ4v) is 3.88. The predicted molar refractivity (Wildman–Crippen MR) is 103 cm³/mol. The molecule has 3 heterocycles. The van der Waals surface area contributed by atoms with Crippen molar-refractivity contribution in [3.63, 3.8) is 0 Å². The van der Waals surface area contributed by atoms with Gasteiger partial charge in [0.25, 0.3) is 0 Å². The minimum atomic E-state index is 0.312. The Labute approximate surface area is 159 Å². The third-order valence-electron chi connectivity index (χ3n) is 5.23. The van der Waals surface area contributed by atoms with Crippen molar-refractivity contribution in [1.82, 2.24) is 20.3 Å². The number of likely N-dealkylation sites (tertiary alicyclic amines) is 1. The van der Waals surface area contributed by atoms with Crippen LogP contribution in [0.25, 0.3) is 11.3 Å². The van der Waals surface area contributed by atoms with E-state index in [0.29, 0.717) is 6.04 Å². The second-order valence-corrected chi connectivity index (χ2v) is 7.10. The van der Waals surface area contributed by atoms with Crippen LogP contribution in [0.3, 0.4) is 0 Å². The second-order valence-electron chi connectivity index (χ2n) is 7.10. The maximum absolute atomic E-state index is 5.51. The number of methoxy groups -OCH3 is 1. The van der Waals surface area contributed by atoms with Gasteiger partial charge in [0.05, 0.1) is 25.0 Å². The highest BCUT2D eigenvalue weighted by Gasteiger charge is 2.29. The highest BCUT2D eigenvalue weighted by Crippen LogP contribution is 2.34. The van der Waals surface area contributed by atoms with E-state index < -0.39 is 0 Å². The molecule has 0 unspecified atom stereocenters. The van der Waals surface area contributed by atoms with Crippen molar-refractivity contribution >= 4 is 0 Å². The van der Waals surface area contributed by atoms with E-state index in [4.69, 9.17) is 9.26 Å². The molecule has 0 saturated carbocycles. The maximum Gasteiger partial charge on any atom is 0.137 e.